The second kappa shape index (κ2) is 3.50. The molecule has 74 valence electrons. The molecule has 0 spiro atoms. The fourth-order valence-corrected chi connectivity index (χ4v) is 1.05. The average Bonchev–Trinajstić information content (AvgIpc) is 2.34. The second-order valence-electron chi connectivity index (χ2n) is 4.43. The van der Waals surface area contributed by atoms with Gasteiger partial charge in [-0.1, -0.05) is 6.58 Å². The molecule has 0 aliphatic carbocycles. The lowest BCUT2D eigenvalue weighted by molar-refractivity contribution is -0.156. The maximum atomic E-state index is 11.5. The van der Waals surface area contributed by atoms with Crippen LogP contribution >= 0.6 is 0 Å². The van der Waals surface area contributed by atoms with Crippen LogP contribution < -0.4 is 5.32 Å². The number of hydrogen-bond acceptors (Lipinski definition) is 3. The van der Waals surface area contributed by atoms with Gasteiger partial charge in [0.15, 0.2) is 0 Å². The minimum Gasteiger partial charge on any atom is -0.456 e. The Bertz CT molecular complexity index is 228. The van der Waals surface area contributed by atoms with Crippen molar-refractivity contribution >= 4 is 5.97 Å². The van der Waals surface area contributed by atoms with E-state index in [2.05, 4.69) is 11.9 Å². The highest BCUT2D eigenvalue weighted by atomic mass is 16.5. The molecule has 0 aromatic carbocycles. The molecule has 0 bridgehead atoms. The molecule has 1 N–H and O–H groups in total. The van der Waals surface area contributed by atoms with Crippen LogP contribution in [0.1, 0.15) is 20.8 Å². The van der Waals surface area contributed by atoms with Gasteiger partial charge in [-0.15, -0.1) is 0 Å². The lowest BCUT2D eigenvalue weighted by Crippen LogP contribution is -2.29. The van der Waals surface area contributed by atoms with E-state index in [4.69, 9.17) is 4.74 Å². The van der Waals surface area contributed by atoms with E-state index in [0.717, 1.165) is 12.1 Å². The highest BCUT2D eigenvalue weighted by Crippen LogP contribution is 2.19. The first kappa shape index (κ1) is 10.3. The highest BCUT2D eigenvalue weighted by Gasteiger charge is 2.29. The van der Waals surface area contributed by atoms with Gasteiger partial charge in [-0.2, -0.15) is 0 Å². The lowest BCUT2D eigenvalue weighted by Gasteiger charge is -2.20. The van der Waals surface area contributed by atoms with E-state index in [1.54, 1.807) is 0 Å². The predicted molar refractivity (Wildman–Crippen MR) is 51.3 cm³/mol. The molecule has 0 aromatic heterocycles. The molecule has 1 aliphatic rings. The Labute approximate surface area is 79.2 Å². The van der Waals surface area contributed by atoms with Crippen molar-refractivity contribution in [2.24, 2.45) is 5.41 Å². The summed E-state index contributed by atoms with van der Waals surface area (Å²) in [5.74, 6) is -0.164. The van der Waals surface area contributed by atoms with Crippen LogP contribution in [0, 0.1) is 5.41 Å². The first-order valence-electron chi connectivity index (χ1n) is 4.51. The quantitative estimate of drug-likeness (QED) is 0.489. The number of ether oxygens (including phenoxy) is 1. The Morgan fingerprint density at radius 3 is 2.62 bits per heavy atom. The molecular weight excluding hydrogens is 166 g/mol. The maximum Gasteiger partial charge on any atom is 0.311 e. The zero-order valence-electron chi connectivity index (χ0n) is 8.52. The second-order valence-corrected chi connectivity index (χ2v) is 4.43. The number of hydrogen-bond donors (Lipinski definition) is 1. The van der Waals surface area contributed by atoms with E-state index < -0.39 is 5.41 Å². The van der Waals surface area contributed by atoms with Gasteiger partial charge in [0.05, 0.1) is 5.41 Å². The number of rotatable bonds is 1. The first-order chi connectivity index (χ1) is 5.91. The maximum absolute atomic E-state index is 11.5. The van der Waals surface area contributed by atoms with Crippen LogP contribution in [0.3, 0.4) is 0 Å². The molecule has 0 aromatic rings. The number of carbonyl (C=O) groups is 1. The van der Waals surface area contributed by atoms with Gasteiger partial charge in [0, 0.05) is 13.1 Å². The average molecular weight is 183 g/mol. The Morgan fingerprint density at radius 2 is 2.23 bits per heavy atom. The third-order valence-corrected chi connectivity index (χ3v) is 2.00. The Hall–Kier alpha value is -0.830. The summed E-state index contributed by atoms with van der Waals surface area (Å²) in [6, 6.07) is 0. The molecule has 1 saturated heterocycles. The van der Waals surface area contributed by atoms with Crippen LogP contribution in [0.2, 0.25) is 0 Å². The lowest BCUT2D eigenvalue weighted by atomic mass is 9.97. The minimum atomic E-state index is -0.428. The van der Waals surface area contributed by atoms with E-state index in [1.165, 1.54) is 0 Å². The van der Waals surface area contributed by atoms with Gasteiger partial charge in [-0.05, 0) is 26.3 Å². The van der Waals surface area contributed by atoms with Crippen molar-refractivity contribution in [2.45, 2.75) is 26.9 Å². The smallest absolute Gasteiger partial charge is 0.311 e. The topological polar surface area (TPSA) is 38.3 Å². The van der Waals surface area contributed by atoms with E-state index >= 15 is 0 Å². The van der Waals surface area contributed by atoms with Gasteiger partial charge in [-0.25, -0.2) is 0 Å². The van der Waals surface area contributed by atoms with Crippen LogP contribution in [-0.4, -0.2) is 25.2 Å². The number of esters is 1. The molecule has 1 rings (SSSR count). The summed E-state index contributed by atoms with van der Waals surface area (Å²) >= 11 is 0. The van der Waals surface area contributed by atoms with Crippen molar-refractivity contribution in [2.75, 3.05) is 13.1 Å². The van der Waals surface area contributed by atoms with Gasteiger partial charge in [-0.3, -0.25) is 4.79 Å². The van der Waals surface area contributed by atoms with Gasteiger partial charge in [0.2, 0.25) is 0 Å². The molecule has 0 radical (unpaired) electrons. The predicted octanol–water partition coefficient (Wildman–Crippen LogP) is 1.10. The normalized spacial score (nSPS) is 23.3. The Balaban J connectivity index is 2.49. The molecule has 0 amide bonds. The summed E-state index contributed by atoms with van der Waals surface area (Å²) in [4.78, 5) is 11.5. The molecule has 0 saturated carbocycles. The van der Waals surface area contributed by atoms with Crippen molar-refractivity contribution < 1.29 is 9.53 Å². The van der Waals surface area contributed by atoms with Gasteiger partial charge >= 0.3 is 5.97 Å². The van der Waals surface area contributed by atoms with E-state index in [0.29, 0.717) is 6.54 Å². The van der Waals surface area contributed by atoms with Crippen LogP contribution in [0.5, 0.6) is 0 Å². The van der Waals surface area contributed by atoms with Crippen LogP contribution in [0.25, 0.3) is 0 Å². The first-order valence-corrected chi connectivity index (χ1v) is 4.51. The van der Waals surface area contributed by atoms with E-state index in [9.17, 15) is 4.79 Å². The third kappa shape index (κ3) is 2.56. The molecule has 13 heavy (non-hydrogen) atoms. The molecule has 3 nitrogen and oxygen atoms in total. The zero-order chi connectivity index (χ0) is 10.1. The third-order valence-electron chi connectivity index (χ3n) is 2.00. The van der Waals surface area contributed by atoms with Crippen molar-refractivity contribution in [3.05, 3.63) is 12.2 Å². The standard InChI is InChI=1S/C10H17NO2/c1-7-5-11-6-8(7)13-9(12)10(2,3)4/h8,11H,1,5-6H2,2-4H3/t8-/m1/s1. The van der Waals surface area contributed by atoms with Crippen molar-refractivity contribution in [1.82, 2.24) is 5.32 Å². The largest absolute Gasteiger partial charge is 0.456 e. The van der Waals surface area contributed by atoms with Gasteiger partial charge in [0.1, 0.15) is 6.10 Å². The van der Waals surface area contributed by atoms with Crippen LogP contribution in [-0.2, 0) is 9.53 Å². The number of carbonyl (C=O) groups excluding carboxylic acids is 1. The molecular formula is C10H17NO2. The summed E-state index contributed by atoms with van der Waals surface area (Å²) in [6.07, 6.45) is -0.133. The summed E-state index contributed by atoms with van der Waals surface area (Å²) in [6.45, 7) is 10.8. The van der Waals surface area contributed by atoms with Crippen molar-refractivity contribution in [3.63, 3.8) is 0 Å². The summed E-state index contributed by atoms with van der Waals surface area (Å²) in [5, 5.41) is 3.10. The Morgan fingerprint density at radius 1 is 1.62 bits per heavy atom. The summed E-state index contributed by atoms with van der Waals surface area (Å²) < 4.78 is 5.29. The molecule has 1 fully saturated rings. The SMILES string of the molecule is C=C1CNC[C@H]1OC(=O)C(C)(C)C. The summed E-state index contributed by atoms with van der Waals surface area (Å²) in [7, 11) is 0. The van der Waals surface area contributed by atoms with Crippen molar-refractivity contribution in [1.29, 1.82) is 0 Å². The zero-order valence-corrected chi connectivity index (χ0v) is 8.52. The molecule has 1 heterocycles. The number of nitrogens with one attached hydrogen (secondary N) is 1. The minimum absolute atomic E-state index is 0.133. The molecule has 1 atom stereocenters. The fourth-order valence-electron chi connectivity index (χ4n) is 1.05. The van der Waals surface area contributed by atoms with Gasteiger partial charge in [0.25, 0.3) is 0 Å². The molecule has 0 unspecified atom stereocenters. The molecule has 1 aliphatic heterocycles. The highest BCUT2D eigenvalue weighted by molar-refractivity contribution is 5.75. The van der Waals surface area contributed by atoms with Crippen molar-refractivity contribution in [3.8, 4) is 0 Å². The van der Waals surface area contributed by atoms with E-state index in [1.807, 2.05) is 20.8 Å². The Kier molecular flexibility index (Phi) is 2.76. The van der Waals surface area contributed by atoms with Crippen LogP contribution in [0.4, 0.5) is 0 Å². The van der Waals surface area contributed by atoms with Gasteiger partial charge < -0.3 is 10.1 Å². The summed E-state index contributed by atoms with van der Waals surface area (Å²) in [5.41, 5.74) is 0.528. The van der Waals surface area contributed by atoms with E-state index in [-0.39, 0.29) is 12.1 Å². The fraction of sp³-hybridized carbons (Fsp3) is 0.700. The molecule has 3 heteroatoms. The monoisotopic (exact) mass is 183 g/mol. The van der Waals surface area contributed by atoms with Crippen LogP contribution in [0.15, 0.2) is 12.2 Å².